The van der Waals surface area contributed by atoms with E-state index >= 15 is 0 Å². The lowest BCUT2D eigenvalue weighted by Crippen LogP contribution is -2.38. The number of aromatic nitrogens is 3. The molecule has 2 aromatic heterocycles. The predicted molar refractivity (Wildman–Crippen MR) is 92.6 cm³/mol. The van der Waals surface area contributed by atoms with Gasteiger partial charge in [-0.25, -0.2) is 0 Å². The monoisotopic (exact) mass is 365 g/mol. The number of aliphatic hydroxyl groups is 1. The van der Waals surface area contributed by atoms with Crippen molar-refractivity contribution in [3.63, 3.8) is 0 Å². The van der Waals surface area contributed by atoms with Crippen LogP contribution < -0.4 is 5.56 Å². The number of aliphatic hydroxyl groups excluding tert-OH is 1. The van der Waals surface area contributed by atoms with Crippen molar-refractivity contribution < 1.29 is 9.90 Å². The third kappa shape index (κ3) is 3.76. The van der Waals surface area contributed by atoms with Crippen molar-refractivity contribution in [2.45, 2.75) is 19.2 Å². The lowest BCUT2D eigenvalue weighted by Gasteiger charge is -2.27. The quantitative estimate of drug-likeness (QED) is 0.821. The Labute approximate surface area is 149 Å². The first kappa shape index (κ1) is 17.7. The van der Waals surface area contributed by atoms with Crippen LogP contribution in [0.2, 0.25) is 5.02 Å². The van der Waals surface area contributed by atoms with Crippen LogP contribution in [0.25, 0.3) is 0 Å². The van der Waals surface area contributed by atoms with Gasteiger partial charge >= 0.3 is 0 Å². The van der Waals surface area contributed by atoms with Crippen LogP contribution in [0.15, 0.2) is 23.1 Å². The first-order valence-electron chi connectivity index (χ1n) is 7.92. The molecule has 1 atom stereocenters. The van der Waals surface area contributed by atoms with Crippen LogP contribution in [0.1, 0.15) is 27.8 Å². The molecule has 0 saturated carbocycles. The van der Waals surface area contributed by atoms with E-state index in [4.69, 9.17) is 11.6 Å². The molecule has 3 rings (SSSR count). The number of likely N-dealkylation sites (N-methyl/N-ethyl adjacent to an activating group) is 1. The van der Waals surface area contributed by atoms with Gasteiger partial charge in [0, 0.05) is 19.3 Å². The highest BCUT2D eigenvalue weighted by atomic mass is 35.5. The molecule has 0 unspecified atom stereocenters. The third-order valence-corrected chi connectivity index (χ3v) is 4.37. The summed E-state index contributed by atoms with van der Waals surface area (Å²) in [5, 5.41) is 14.6. The molecule has 0 saturated heterocycles. The predicted octanol–water partition coefficient (Wildman–Crippen LogP) is 0.476. The Morgan fingerprint density at radius 2 is 2.20 bits per heavy atom. The molecule has 1 aliphatic heterocycles. The Kier molecular flexibility index (Phi) is 4.94. The maximum absolute atomic E-state index is 12.6. The van der Waals surface area contributed by atoms with Crippen LogP contribution >= 0.6 is 11.6 Å². The summed E-state index contributed by atoms with van der Waals surface area (Å²) < 4.78 is 1.82. The number of pyridine rings is 1. The van der Waals surface area contributed by atoms with E-state index in [2.05, 4.69) is 10.1 Å². The van der Waals surface area contributed by atoms with Crippen LogP contribution in [0.4, 0.5) is 0 Å². The average Bonchev–Trinajstić information content (AvgIpc) is 2.99. The normalized spacial score (nSPS) is 15.3. The van der Waals surface area contributed by atoms with E-state index in [1.165, 1.54) is 12.3 Å². The number of halogens is 1. The van der Waals surface area contributed by atoms with E-state index in [1.54, 1.807) is 4.90 Å². The van der Waals surface area contributed by atoms with Gasteiger partial charge in [-0.15, -0.1) is 0 Å². The molecule has 25 heavy (non-hydrogen) atoms. The summed E-state index contributed by atoms with van der Waals surface area (Å²) in [6.07, 6.45) is 0.699. The van der Waals surface area contributed by atoms with Crippen molar-refractivity contribution >= 4 is 17.5 Å². The second-order valence-electron chi connectivity index (χ2n) is 6.35. The zero-order valence-electron chi connectivity index (χ0n) is 14.1. The molecule has 8 nitrogen and oxygen atoms in total. The average molecular weight is 366 g/mol. The minimum absolute atomic E-state index is 0.0120. The van der Waals surface area contributed by atoms with E-state index in [9.17, 15) is 14.7 Å². The largest absolute Gasteiger partial charge is 0.385 e. The van der Waals surface area contributed by atoms with Gasteiger partial charge in [-0.05, 0) is 26.2 Å². The van der Waals surface area contributed by atoms with Crippen molar-refractivity contribution in [1.82, 2.24) is 24.6 Å². The number of hydrogen-bond acceptors (Lipinski definition) is 5. The Morgan fingerprint density at radius 1 is 1.44 bits per heavy atom. The standard InChI is InChI=1S/C16H20ClN5O3/c1-20(2)9-14(23)13-6-11-8-21(3-4-22(11)19-13)16(25)10-5-12(17)15(24)18-7-10/h5-7,14,23H,3-4,8-9H2,1-2H3,(H,18,24)/t14-/m0/s1. The van der Waals surface area contributed by atoms with Crippen molar-refractivity contribution in [3.8, 4) is 0 Å². The van der Waals surface area contributed by atoms with Crippen LogP contribution in [0.3, 0.4) is 0 Å². The number of rotatable bonds is 4. The summed E-state index contributed by atoms with van der Waals surface area (Å²) in [6.45, 7) is 1.91. The summed E-state index contributed by atoms with van der Waals surface area (Å²) >= 11 is 5.80. The summed E-state index contributed by atoms with van der Waals surface area (Å²) in [4.78, 5) is 30.0. The molecule has 1 amide bonds. The Hall–Kier alpha value is -2.16. The number of nitrogens with zero attached hydrogens (tertiary/aromatic N) is 4. The van der Waals surface area contributed by atoms with Gasteiger partial charge in [0.2, 0.25) is 0 Å². The minimum Gasteiger partial charge on any atom is -0.385 e. The molecular formula is C16H20ClN5O3. The molecule has 134 valence electrons. The fraction of sp³-hybridized carbons (Fsp3) is 0.438. The number of amides is 1. The third-order valence-electron chi connectivity index (χ3n) is 4.09. The van der Waals surface area contributed by atoms with Gasteiger partial charge in [-0.1, -0.05) is 11.6 Å². The smallest absolute Gasteiger partial charge is 0.266 e. The van der Waals surface area contributed by atoms with Gasteiger partial charge in [0.05, 0.1) is 30.0 Å². The molecule has 0 bridgehead atoms. The molecule has 0 fully saturated rings. The number of H-pyrrole nitrogens is 1. The van der Waals surface area contributed by atoms with Gasteiger partial charge in [0.15, 0.2) is 0 Å². The van der Waals surface area contributed by atoms with Crippen LogP contribution in [0, 0.1) is 0 Å². The van der Waals surface area contributed by atoms with Crippen molar-refractivity contribution in [1.29, 1.82) is 0 Å². The number of hydrogen-bond donors (Lipinski definition) is 2. The lowest BCUT2D eigenvalue weighted by molar-refractivity contribution is 0.0705. The van der Waals surface area contributed by atoms with Crippen molar-refractivity contribution in [2.24, 2.45) is 0 Å². The molecule has 2 N–H and O–H groups in total. The van der Waals surface area contributed by atoms with Gasteiger partial charge in [-0.2, -0.15) is 5.10 Å². The van der Waals surface area contributed by atoms with E-state index in [0.717, 1.165) is 5.69 Å². The fourth-order valence-electron chi connectivity index (χ4n) is 2.83. The lowest BCUT2D eigenvalue weighted by atomic mass is 10.2. The van der Waals surface area contributed by atoms with E-state index < -0.39 is 11.7 Å². The first-order chi connectivity index (χ1) is 11.8. The SMILES string of the molecule is CN(C)C[C@H](O)c1cc2n(n1)CCN(C(=O)c1c[nH]c(=O)c(Cl)c1)C2. The Balaban J connectivity index is 1.76. The number of carbonyl (C=O) groups excluding carboxylic acids is 1. The van der Waals surface area contributed by atoms with Crippen LogP contribution in [-0.4, -0.2) is 62.8 Å². The number of fused-ring (bicyclic) bond motifs is 1. The summed E-state index contributed by atoms with van der Waals surface area (Å²) in [6, 6.07) is 3.20. The van der Waals surface area contributed by atoms with E-state index in [0.29, 0.717) is 37.4 Å². The number of carbonyl (C=O) groups is 1. The second kappa shape index (κ2) is 6.99. The molecule has 0 aliphatic carbocycles. The first-order valence-corrected chi connectivity index (χ1v) is 8.30. The van der Waals surface area contributed by atoms with Gasteiger partial charge in [0.25, 0.3) is 11.5 Å². The molecule has 3 heterocycles. The van der Waals surface area contributed by atoms with Crippen molar-refractivity contribution in [3.05, 3.63) is 50.7 Å². The zero-order valence-corrected chi connectivity index (χ0v) is 14.8. The highest BCUT2D eigenvalue weighted by molar-refractivity contribution is 6.30. The van der Waals surface area contributed by atoms with Gasteiger partial charge in [0.1, 0.15) is 11.1 Å². The highest BCUT2D eigenvalue weighted by Gasteiger charge is 2.25. The van der Waals surface area contributed by atoms with Crippen LogP contribution in [-0.2, 0) is 13.1 Å². The number of nitrogens with one attached hydrogen (secondary N) is 1. The molecular weight excluding hydrogens is 346 g/mol. The Bertz CT molecular complexity index is 845. The fourth-order valence-corrected chi connectivity index (χ4v) is 3.00. The van der Waals surface area contributed by atoms with Gasteiger partial charge < -0.3 is 19.9 Å². The summed E-state index contributed by atoms with van der Waals surface area (Å²) in [5.41, 5.74) is 1.38. The highest BCUT2D eigenvalue weighted by Crippen LogP contribution is 2.20. The minimum atomic E-state index is -0.671. The zero-order chi connectivity index (χ0) is 18.1. The second-order valence-corrected chi connectivity index (χ2v) is 6.76. The van der Waals surface area contributed by atoms with Crippen LogP contribution in [0.5, 0.6) is 0 Å². The van der Waals surface area contributed by atoms with E-state index in [1.807, 2.05) is 29.7 Å². The van der Waals surface area contributed by atoms with Gasteiger partial charge in [-0.3, -0.25) is 14.3 Å². The molecule has 1 aliphatic rings. The molecule has 9 heteroatoms. The molecule has 2 aromatic rings. The summed E-state index contributed by atoms with van der Waals surface area (Å²) in [5.74, 6) is -0.207. The summed E-state index contributed by atoms with van der Waals surface area (Å²) in [7, 11) is 3.77. The molecule has 0 aromatic carbocycles. The maximum atomic E-state index is 12.6. The van der Waals surface area contributed by atoms with Crippen molar-refractivity contribution in [2.75, 3.05) is 27.2 Å². The Morgan fingerprint density at radius 3 is 2.88 bits per heavy atom. The maximum Gasteiger partial charge on any atom is 0.266 e. The van der Waals surface area contributed by atoms with E-state index in [-0.39, 0.29) is 10.9 Å². The molecule has 0 radical (unpaired) electrons. The molecule has 0 spiro atoms. The number of aromatic amines is 1. The topological polar surface area (TPSA) is 94.5 Å².